The van der Waals surface area contributed by atoms with Gasteiger partial charge in [-0.3, -0.25) is 0 Å². The van der Waals surface area contributed by atoms with Gasteiger partial charge in [0.05, 0.1) is 0 Å². The highest BCUT2D eigenvalue weighted by atomic mass is 127. The van der Waals surface area contributed by atoms with Crippen molar-refractivity contribution in [3.63, 3.8) is 0 Å². The minimum absolute atomic E-state index is 0.377. The van der Waals surface area contributed by atoms with Gasteiger partial charge in [0.25, 0.3) is 0 Å². The quantitative estimate of drug-likeness (QED) is 0.732. The number of aromatic hydroxyl groups is 1. The molecule has 0 atom stereocenters. The first-order valence-corrected chi connectivity index (χ1v) is 6.43. The van der Waals surface area contributed by atoms with Crippen LogP contribution in [0.25, 0.3) is 11.1 Å². The number of halogens is 1. The smallest absolute Gasteiger partial charge is 0.116 e. The average molecular weight is 322 g/mol. The molecule has 0 saturated heterocycles. The maximum atomic E-state index is 9.61. The van der Waals surface area contributed by atoms with Gasteiger partial charge in [-0.2, -0.15) is 0 Å². The summed E-state index contributed by atoms with van der Waals surface area (Å²) in [5.74, 6) is 0.377. The Bertz CT molecular complexity index is 561. The lowest BCUT2D eigenvalue weighted by Crippen LogP contribution is -2.05. The SMILES string of the molecule is Oc1cc(I)c2c(c1)CCc1ccccc1-2. The summed E-state index contributed by atoms with van der Waals surface area (Å²) < 4.78 is 1.14. The van der Waals surface area contributed by atoms with Crippen molar-refractivity contribution >= 4 is 22.6 Å². The molecule has 0 amide bonds. The third kappa shape index (κ3) is 1.52. The van der Waals surface area contributed by atoms with Crippen molar-refractivity contribution in [3.8, 4) is 16.9 Å². The van der Waals surface area contributed by atoms with E-state index in [1.807, 2.05) is 12.1 Å². The minimum atomic E-state index is 0.377. The maximum Gasteiger partial charge on any atom is 0.116 e. The molecule has 3 rings (SSSR count). The van der Waals surface area contributed by atoms with E-state index >= 15 is 0 Å². The molecular formula is C14H11IO. The summed E-state index contributed by atoms with van der Waals surface area (Å²) in [6, 6.07) is 12.3. The number of hydrogen-bond donors (Lipinski definition) is 1. The first-order valence-electron chi connectivity index (χ1n) is 5.35. The van der Waals surface area contributed by atoms with Gasteiger partial charge in [0.1, 0.15) is 5.75 Å². The summed E-state index contributed by atoms with van der Waals surface area (Å²) >= 11 is 2.31. The van der Waals surface area contributed by atoms with Gasteiger partial charge >= 0.3 is 0 Å². The predicted molar refractivity (Wildman–Crippen MR) is 73.7 cm³/mol. The lowest BCUT2D eigenvalue weighted by atomic mass is 9.86. The van der Waals surface area contributed by atoms with Crippen LogP contribution in [0.15, 0.2) is 36.4 Å². The van der Waals surface area contributed by atoms with Crippen LogP contribution in [0.2, 0.25) is 0 Å². The molecule has 0 fully saturated rings. The monoisotopic (exact) mass is 322 g/mol. The van der Waals surface area contributed by atoms with Crippen molar-refractivity contribution in [2.45, 2.75) is 12.8 Å². The molecule has 0 bridgehead atoms. The highest BCUT2D eigenvalue weighted by Gasteiger charge is 2.18. The Balaban J connectivity index is 2.32. The van der Waals surface area contributed by atoms with Crippen LogP contribution in [0.1, 0.15) is 11.1 Å². The summed E-state index contributed by atoms with van der Waals surface area (Å²) in [6.07, 6.45) is 2.10. The molecule has 0 saturated carbocycles. The van der Waals surface area contributed by atoms with Crippen molar-refractivity contribution in [1.82, 2.24) is 0 Å². The molecule has 1 aliphatic carbocycles. The molecule has 2 aromatic rings. The molecule has 2 aromatic carbocycles. The van der Waals surface area contributed by atoms with Gasteiger partial charge in [0, 0.05) is 3.57 Å². The van der Waals surface area contributed by atoms with Gasteiger partial charge in [0.15, 0.2) is 0 Å². The third-order valence-electron chi connectivity index (χ3n) is 3.11. The molecule has 1 nitrogen and oxygen atoms in total. The largest absolute Gasteiger partial charge is 0.508 e. The predicted octanol–water partition coefficient (Wildman–Crippen LogP) is 3.76. The van der Waals surface area contributed by atoms with Crippen molar-refractivity contribution in [3.05, 3.63) is 51.1 Å². The second-order valence-electron chi connectivity index (χ2n) is 4.12. The van der Waals surface area contributed by atoms with E-state index in [1.54, 1.807) is 0 Å². The van der Waals surface area contributed by atoms with Crippen LogP contribution < -0.4 is 0 Å². The van der Waals surface area contributed by atoms with E-state index in [4.69, 9.17) is 0 Å². The van der Waals surface area contributed by atoms with E-state index in [2.05, 4.69) is 46.9 Å². The maximum absolute atomic E-state index is 9.61. The van der Waals surface area contributed by atoms with E-state index in [0.29, 0.717) is 5.75 Å². The van der Waals surface area contributed by atoms with Gasteiger partial charge in [-0.1, -0.05) is 24.3 Å². The van der Waals surface area contributed by atoms with Crippen LogP contribution in [-0.4, -0.2) is 5.11 Å². The number of aryl methyl sites for hydroxylation is 2. The normalized spacial score (nSPS) is 13.1. The highest BCUT2D eigenvalue weighted by molar-refractivity contribution is 14.1. The van der Waals surface area contributed by atoms with Gasteiger partial charge in [-0.05, 0) is 69.8 Å². The number of rotatable bonds is 0. The van der Waals surface area contributed by atoms with E-state index in [0.717, 1.165) is 16.4 Å². The Morgan fingerprint density at radius 3 is 2.62 bits per heavy atom. The molecule has 0 radical (unpaired) electrons. The zero-order valence-electron chi connectivity index (χ0n) is 8.70. The van der Waals surface area contributed by atoms with Crippen LogP contribution >= 0.6 is 22.6 Å². The molecule has 16 heavy (non-hydrogen) atoms. The van der Waals surface area contributed by atoms with Crippen molar-refractivity contribution in [2.24, 2.45) is 0 Å². The van der Waals surface area contributed by atoms with Gasteiger partial charge in [-0.15, -0.1) is 0 Å². The standard InChI is InChI=1S/C14H11IO/c15-13-8-11(16)7-10-6-5-9-3-1-2-4-12(9)14(10)13/h1-4,7-8,16H,5-6H2. The van der Waals surface area contributed by atoms with Crippen molar-refractivity contribution in [1.29, 1.82) is 0 Å². The molecule has 2 heteroatoms. The summed E-state index contributed by atoms with van der Waals surface area (Å²) in [6.45, 7) is 0. The fraction of sp³-hybridized carbons (Fsp3) is 0.143. The topological polar surface area (TPSA) is 20.2 Å². The van der Waals surface area contributed by atoms with Crippen LogP contribution in [0.4, 0.5) is 0 Å². The van der Waals surface area contributed by atoms with Gasteiger partial charge < -0.3 is 5.11 Å². The first-order chi connectivity index (χ1) is 7.75. The molecule has 0 aliphatic heterocycles. The molecule has 0 spiro atoms. The molecule has 1 N–H and O–H groups in total. The average Bonchev–Trinajstić information content (AvgIpc) is 2.28. The molecule has 0 unspecified atom stereocenters. The fourth-order valence-electron chi connectivity index (χ4n) is 2.40. The summed E-state index contributed by atoms with van der Waals surface area (Å²) in [5, 5.41) is 9.61. The summed E-state index contributed by atoms with van der Waals surface area (Å²) in [5.41, 5.74) is 5.31. The molecular weight excluding hydrogens is 311 g/mol. The van der Waals surface area contributed by atoms with Gasteiger partial charge in [-0.25, -0.2) is 0 Å². The van der Waals surface area contributed by atoms with E-state index in [1.165, 1.54) is 22.3 Å². The Labute approximate surface area is 108 Å². The summed E-state index contributed by atoms with van der Waals surface area (Å²) in [4.78, 5) is 0. The van der Waals surface area contributed by atoms with E-state index in [9.17, 15) is 5.11 Å². The first kappa shape index (κ1) is 10.1. The number of fused-ring (bicyclic) bond motifs is 3. The second kappa shape index (κ2) is 3.77. The van der Waals surface area contributed by atoms with E-state index in [-0.39, 0.29) is 0 Å². The number of benzene rings is 2. The lowest BCUT2D eigenvalue weighted by Gasteiger charge is -2.21. The second-order valence-corrected chi connectivity index (χ2v) is 5.28. The fourth-order valence-corrected chi connectivity index (χ4v) is 3.35. The molecule has 1 aliphatic rings. The minimum Gasteiger partial charge on any atom is -0.508 e. The van der Waals surface area contributed by atoms with Crippen molar-refractivity contribution < 1.29 is 5.11 Å². The van der Waals surface area contributed by atoms with Gasteiger partial charge in [0.2, 0.25) is 0 Å². The Kier molecular flexibility index (Phi) is 2.39. The van der Waals surface area contributed by atoms with Crippen LogP contribution in [-0.2, 0) is 12.8 Å². The van der Waals surface area contributed by atoms with Crippen LogP contribution in [0.3, 0.4) is 0 Å². The molecule has 0 heterocycles. The lowest BCUT2D eigenvalue weighted by molar-refractivity contribution is 0.474. The zero-order chi connectivity index (χ0) is 11.1. The highest BCUT2D eigenvalue weighted by Crippen LogP contribution is 2.38. The number of phenolic OH excluding ortho intramolecular Hbond substituents is 1. The Morgan fingerprint density at radius 1 is 1.00 bits per heavy atom. The number of hydrogen-bond acceptors (Lipinski definition) is 1. The number of phenols is 1. The van der Waals surface area contributed by atoms with E-state index < -0.39 is 0 Å². The zero-order valence-corrected chi connectivity index (χ0v) is 10.9. The Morgan fingerprint density at radius 2 is 1.75 bits per heavy atom. The molecule has 80 valence electrons. The van der Waals surface area contributed by atoms with Crippen LogP contribution in [0.5, 0.6) is 5.75 Å². The Hall–Kier alpha value is -1.03. The van der Waals surface area contributed by atoms with Crippen molar-refractivity contribution in [2.75, 3.05) is 0 Å². The summed E-state index contributed by atoms with van der Waals surface area (Å²) in [7, 11) is 0. The third-order valence-corrected chi connectivity index (χ3v) is 3.96. The van der Waals surface area contributed by atoms with Crippen LogP contribution in [0, 0.1) is 3.57 Å². The molecule has 0 aromatic heterocycles.